The Bertz CT molecular complexity index is 900. The van der Waals surface area contributed by atoms with E-state index in [2.05, 4.69) is 20.4 Å². The second-order valence-corrected chi connectivity index (χ2v) is 8.50. The predicted octanol–water partition coefficient (Wildman–Crippen LogP) is 1.86. The monoisotopic (exact) mass is 341 g/mol. The number of aryl methyl sites for hydroxylation is 1. The number of aromatic nitrogens is 5. The first kappa shape index (κ1) is 14.4. The Labute approximate surface area is 129 Å². The van der Waals surface area contributed by atoms with Crippen LogP contribution in [0.25, 0.3) is 10.2 Å². The van der Waals surface area contributed by atoms with Gasteiger partial charge in [0.15, 0.2) is 14.2 Å². The standard InChI is InChI=1S/C11H11N5O2S3/c1-3-16-14-10(13-15-16)20-11-12-8-5-4-7(21(2,17)18)6-9(8)19-11/h4-6H,3H2,1-2H3. The summed E-state index contributed by atoms with van der Waals surface area (Å²) in [6.07, 6.45) is 1.19. The molecule has 2 heterocycles. The lowest BCUT2D eigenvalue weighted by Crippen LogP contribution is -1.98. The van der Waals surface area contributed by atoms with Crippen LogP contribution in [0.15, 0.2) is 32.6 Å². The van der Waals surface area contributed by atoms with Gasteiger partial charge in [-0.25, -0.2) is 13.4 Å². The average Bonchev–Trinajstić information content (AvgIpc) is 3.02. The fourth-order valence-electron chi connectivity index (χ4n) is 1.64. The summed E-state index contributed by atoms with van der Waals surface area (Å²) in [5.74, 6) is 0. The fraction of sp³-hybridized carbons (Fsp3) is 0.273. The predicted molar refractivity (Wildman–Crippen MR) is 80.3 cm³/mol. The molecular weight excluding hydrogens is 330 g/mol. The van der Waals surface area contributed by atoms with Crippen molar-refractivity contribution in [2.24, 2.45) is 0 Å². The Hall–Kier alpha value is -1.52. The summed E-state index contributed by atoms with van der Waals surface area (Å²) in [6, 6.07) is 4.92. The van der Waals surface area contributed by atoms with Crippen molar-refractivity contribution in [3.05, 3.63) is 18.2 Å². The van der Waals surface area contributed by atoms with Crippen LogP contribution in [0.1, 0.15) is 6.92 Å². The zero-order valence-corrected chi connectivity index (χ0v) is 13.7. The Morgan fingerprint density at radius 2 is 2.19 bits per heavy atom. The lowest BCUT2D eigenvalue weighted by Gasteiger charge is -1.96. The van der Waals surface area contributed by atoms with Crippen LogP contribution in [0.2, 0.25) is 0 Å². The molecule has 0 saturated heterocycles. The Morgan fingerprint density at radius 1 is 1.38 bits per heavy atom. The molecule has 0 aliphatic heterocycles. The van der Waals surface area contributed by atoms with E-state index < -0.39 is 9.84 Å². The molecule has 0 aliphatic rings. The molecule has 3 aromatic rings. The molecule has 3 rings (SSSR count). The zero-order chi connectivity index (χ0) is 15.0. The van der Waals surface area contributed by atoms with Crippen molar-refractivity contribution in [3.8, 4) is 0 Å². The molecule has 21 heavy (non-hydrogen) atoms. The topological polar surface area (TPSA) is 90.6 Å². The van der Waals surface area contributed by atoms with Crippen molar-refractivity contribution in [1.29, 1.82) is 0 Å². The number of hydrogen-bond donors (Lipinski definition) is 0. The molecule has 0 amide bonds. The first-order chi connectivity index (χ1) is 9.95. The highest BCUT2D eigenvalue weighted by Gasteiger charge is 2.13. The van der Waals surface area contributed by atoms with E-state index in [1.54, 1.807) is 18.2 Å². The van der Waals surface area contributed by atoms with Gasteiger partial charge in [0.1, 0.15) is 0 Å². The Balaban J connectivity index is 1.93. The van der Waals surface area contributed by atoms with Gasteiger partial charge in [0, 0.05) is 6.26 Å². The van der Waals surface area contributed by atoms with Gasteiger partial charge in [-0.1, -0.05) is 0 Å². The highest BCUT2D eigenvalue weighted by Crippen LogP contribution is 2.33. The summed E-state index contributed by atoms with van der Waals surface area (Å²) in [6.45, 7) is 2.59. The van der Waals surface area contributed by atoms with Gasteiger partial charge in [-0.05, 0) is 42.1 Å². The highest BCUT2D eigenvalue weighted by molar-refractivity contribution is 8.01. The highest BCUT2D eigenvalue weighted by atomic mass is 32.2. The van der Waals surface area contributed by atoms with Gasteiger partial charge < -0.3 is 0 Å². The summed E-state index contributed by atoms with van der Waals surface area (Å²) in [7, 11) is -3.21. The molecule has 0 N–H and O–H groups in total. The summed E-state index contributed by atoms with van der Waals surface area (Å²) < 4.78 is 24.7. The smallest absolute Gasteiger partial charge is 0.229 e. The van der Waals surface area contributed by atoms with Crippen molar-refractivity contribution < 1.29 is 8.42 Å². The normalized spacial score (nSPS) is 12.1. The van der Waals surface area contributed by atoms with Crippen molar-refractivity contribution >= 4 is 43.2 Å². The Morgan fingerprint density at radius 3 is 2.86 bits per heavy atom. The van der Waals surface area contributed by atoms with Crippen molar-refractivity contribution in [1.82, 2.24) is 25.2 Å². The third kappa shape index (κ3) is 3.06. The van der Waals surface area contributed by atoms with Gasteiger partial charge in [-0.3, -0.25) is 0 Å². The van der Waals surface area contributed by atoms with E-state index >= 15 is 0 Å². The molecule has 0 saturated carbocycles. The molecule has 2 aromatic heterocycles. The van der Waals surface area contributed by atoms with Gasteiger partial charge in [-0.15, -0.1) is 21.5 Å². The van der Waals surface area contributed by atoms with Crippen LogP contribution < -0.4 is 0 Å². The van der Waals surface area contributed by atoms with E-state index in [9.17, 15) is 8.42 Å². The van der Waals surface area contributed by atoms with E-state index in [4.69, 9.17) is 0 Å². The molecule has 0 aliphatic carbocycles. The van der Waals surface area contributed by atoms with Gasteiger partial charge in [0.05, 0.1) is 21.7 Å². The van der Waals surface area contributed by atoms with E-state index in [-0.39, 0.29) is 0 Å². The van der Waals surface area contributed by atoms with Gasteiger partial charge in [0.2, 0.25) is 5.16 Å². The average molecular weight is 341 g/mol. The number of sulfone groups is 1. The van der Waals surface area contributed by atoms with Crippen LogP contribution in [0.5, 0.6) is 0 Å². The number of rotatable bonds is 4. The van der Waals surface area contributed by atoms with E-state index in [0.717, 1.165) is 14.6 Å². The maximum atomic E-state index is 11.6. The molecule has 0 radical (unpaired) electrons. The number of tetrazole rings is 1. The van der Waals surface area contributed by atoms with Crippen LogP contribution in [0.3, 0.4) is 0 Å². The summed E-state index contributed by atoms with van der Waals surface area (Å²) in [4.78, 5) is 6.23. The van der Waals surface area contributed by atoms with E-state index in [1.165, 1.54) is 34.2 Å². The van der Waals surface area contributed by atoms with Crippen LogP contribution in [0.4, 0.5) is 0 Å². The minimum absolute atomic E-state index is 0.297. The molecular formula is C11H11N5O2S3. The fourth-order valence-corrected chi connectivity index (χ4v) is 4.27. The SMILES string of the molecule is CCn1nnc(Sc2nc3ccc(S(C)(=O)=O)cc3s2)n1. The minimum Gasteiger partial charge on any atom is -0.229 e. The van der Waals surface area contributed by atoms with Gasteiger partial charge >= 0.3 is 0 Å². The Kier molecular flexibility index (Phi) is 3.68. The molecule has 0 fully saturated rings. The van der Waals surface area contributed by atoms with E-state index in [0.29, 0.717) is 16.6 Å². The summed E-state index contributed by atoms with van der Waals surface area (Å²) in [5, 5.41) is 12.5. The number of fused-ring (bicyclic) bond motifs is 1. The second-order valence-electron chi connectivity index (χ2n) is 4.24. The minimum atomic E-state index is -3.21. The summed E-state index contributed by atoms with van der Waals surface area (Å²) >= 11 is 2.72. The third-order valence-corrected chi connectivity index (χ3v) is 5.70. The molecule has 10 heteroatoms. The molecule has 1 aromatic carbocycles. The molecule has 0 spiro atoms. The third-order valence-electron chi connectivity index (χ3n) is 2.66. The van der Waals surface area contributed by atoms with Crippen molar-refractivity contribution in [2.45, 2.75) is 27.9 Å². The van der Waals surface area contributed by atoms with Crippen LogP contribution in [0, 0.1) is 0 Å². The number of thiazole rings is 1. The summed E-state index contributed by atoms with van der Waals surface area (Å²) in [5.41, 5.74) is 0.762. The molecule has 0 bridgehead atoms. The van der Waals surface area contributed by atoms with Crippen LogP contribution in [-0.4, -0.2) is 39.9 Å². The lowest BCUT2D eigenvalue weighted by molar-refractivity contribution is 0.549. The second kappa shape index (κ2) is 5.35. The quantitative estimate of drug-likeness (QED) is 0.715. The van der Waals surface area contributed by atoms with Crippen LogP contribution >= 0.6 is 23.1 Å². The molecule has 110 valence electrons. The van der Waals surface area contributed by atoms with Crippen LogP contribution in [-0.2, 0) is 16.4 Å². The van der Waals surface area contributed by atoms with Crippen molar-refractivity contribution in [2.75, 3.05) is 6.26 Å². The number of nitrogens with zero attached hydrogens (tertiary/aromatic N) is 5. The first-order valence-corrected chi connectivity index (χ1v) is 9.54. The molecule has 0 atom stereocenters. The van der Waals surface area contributed by atoms with Gasteiger partial charge in [0.25, 0.3) is 0 Å². The molecule has 0 unspecified atom stereocenters. The molecule has 7 nitrogen and oxygen atoms in total. The zero-order valence-electron chi connectivity index (χ0n) is 11.2. The largest absolute Gasteiger partial charge is 0.238 e. The maximum Gasteiger partial charge on any atom is 0.238 e. The van der Waals surface area contributed by atoms with Gasteiger partial charge in [-0.2, -0.15) is 4.80 Å². The van der Waals surface area contributed by atoms with Crippen molar-refractivity contribution in [3.63, 3.8) is 0 Å². The van der Waals surface area contributed by atoms with E-state index in [1.807, 2.05) is 6.92 Å². The number of benzene rings is 1. The maximum absolute atomic E-state index is 11.6. The first-order valence-electron chi connectivity index (χ1n) is 6.02. The number of hydrogen-bond acceptors (Lipinski definition) is 8. The lowest BCUT2D eigenvalue weighted by atomic mass is 10.3.